The van der Waals surface area contributed by atoms with Crippen LogP contribution in [0.2, 0.25) is 0 Å². The van der Waals surface area contributed by atoms with Crippen LogP contribution in [-0.2, 0) is 11.2 Å². The van der Waals surface area contributed by atoms with Crippen molar-refractivity contribution >= 4 is 11.8 Å². The number of benzene rings is 2. The van der Waals surface area contributed by atoms with E-state index in [4.69, 9.17) is 0 Å². The zero-order chi connectivity index (χ0) is 19.1. The molecule has 2 amide bonds. The summed E-state index contributed by atoms with van der Waals surface area (Å²) >= 11 is 0. The van der Waals surface area contributed by atoms with E-state index in [1.165, 1.54) is 4.90 Å². The number of rotatable bonds is 6. The molecule has 142 valence electrons. The molecule has 1 fully saturated rings. The van der Waals surface area contributed by atoms with E-state index in [1.807, 2.05) is 53.4 Å². The van der Waals surface area contributed by atoms with Crippen LogP contribution in [0.1, 0.15) is 22.8 Å². The number of carbonyl (C=O) groups excluding carboxylic acids is 2. The molecule has 2 N–H and O–H groups in total. The molecule has 0 aliphatic carbocycles. The van der Waals surface area contributed by atoms with E-state index in [0.717, 1.165) is 38.3 Å². The summed E-state index contributed by atoms with van der Waals surface area (Å²) in [4.78, 5) is 29.2. The van der Waals surface area contributed by atoms with Gasteiger partial charge in [-0.25, -0.2) is 0 Å². The minimum absolute atomic E-state index is 0.0123. The van der Waals surface area contributed by atoms with Gasteiger partial charge in [0.1, 0.15) is 6.04 Å². The quantitative estimate of drug-likeness (QED) is 0.794. The molecular weight excluding hydrogens is 338 g/mol. The van der Waals surface area contributed by atoms with E-state index >= 15 is 0 Å². The van der Waals surface area contributed by atoms with Gasteiger partial charge in [-0.2, -0.15) is 0 Å². The van der Waals surface area contributed by atoms with Crippen LogP contribution in [0.25, 0.3) is 0 Å². The standard InChI is InChI=1S/C22H27N3O2/c1-2-24-13-15-25(16-14-24)22(27)20(17-18-9-5-3-6-10-18)23-21(26)19-11-7-4-8-12-19/h3-12,20H,2,13-17H2,1H3,(H,23,26)/p+1/t20-/m1/s1. The molecule has 2 aromatic carbocycles. The van der Waals surface area contributed by atoms with Crippen LogP contribution < -0.4 is 10.2 Å². The minimum Gasteiger partial charge on any atom is -0.340 e. The zero-order valence-corrected chi connectivity index (χ0v) is 15.9. The SMILES string of the molecule is CC[NH+]1CCN(C(=O)[C@@H](Cc2ccccc2)NC(=O)c2ccccc2)CC1. The van der Waals surface area contributed by atoms with Gasteiger partial charge in [0.05, 0.1) is 32.7 Å². The molecule has 27 heavy (non-hydrogen) atoms. The number of nitrogens with one attached hydrogen (secondary N) is 2. The molecule has 1 aliphatic heterocycles. The number of nitrogens with zero attached hydrogens (tertiary/aromatic N) is 1. The summed E-state index contributed by atoms with van der Waals surface area (Å²) in [6, 6.07) is 18.4. The lowest BCUT2D eigenvalue weighted by molar-refractivity contribution is -0.902. The average molecular weight is 366 g/mol. The maximum Gasteiger partial charge on any atom is 0.251 e. The molecule has 1 heterocycles. The van der Waals surface area contributed by atoms with Crippen LogP contribution in [0.3, 0.4) is 0 Å². The maximum absolute atomic E-state index is 13.2. The highest BCUT2D eigenvalue weighted by molar-refractivity contribution is 5.97. The molecule has 0 spiro atoms. The Labute approximate surface area is 161 Å². The Morgan fingerprint density at radius 2 is 1.59 bits per heavy atom. The summed E-state index contributed by atoms with van der Waals surface area (Å²) in [6.07, 6.45) is 0.499. The second kappa shape index (κ2) is 9.33. The van der Waals surface area contributed by atoms with Gasteiger partial charge in [0, 0.05) is 12.0 Å². The molecule has 0 unspecified atom stereocenters. The molecule has 5 heteroatoms. The Bertz CT molecular complexity index is 741. The third-order valence-electron chi connectivity index (χ3n) is 5.20. The predicted molar refractivity (Wildman–Crippen MR) is 106 cm³/mol. The highest BCUT2D eigenvalue weighted by Gasteiger charge is 2.30. The fourth-order valence-electron chi connectivity index (χ4n) is 3.50. The molecule has 3 rings (SSSR count). The van der Waals surface area contributed by atoms with Crippen molar-refractivity contribution in [2.24, 2.45) is 0 Å². The normalized spacial score (nSPS) is 16.0. The number of carbonyl (C=O) groups is 2. The van der Waals surface area contributed by atoms with Crippen LogP contribution in [0.5, 0.6) is 0 Å². The minimum atomic E-state index is -0.553. The average Bonchev–Trinajstić information content (AvgIpc) is 2.74. The van der Waals surface area contributed by atoms with Crippen LogP contribution in [0.15, 0.2) is 60.7 Å². The molecule has 1 atom stereocenters. The topological polar surface area (TPSA) is 53.9 Å². The second-order valence-electron chi connectivity index (χ2n) is 7.01. The van der Waals surface area contributed by atoms with Crippen LogP contribution in [0, 0.1) is 0 Å². The van der Waals surface area contributed by atoms with Gasteiger partial charge in [-0.15, -0.1) is 0 Å². The lowest BCUT2D eigenvalue weighted by Crippen LogP contribution is -3.14. The number of hydrogen-bond acceptors (Lipinski definition) is 2. The summed E-state index contributed by atoms with van der Waals surface area (Å²) < 4.78 is 0. The molecule has 0 saturated carbocycles. The molecule has 1 aliphatic rings. The third kappa shape index (κ3) is 5.17. The van der Waals surface area contributed by atoms with Gasteiger partial charge in [-0.3, -0.25) is 9.59 Å². The van der Waals surface area contributed by atoms with E-state index in [9.17, 15) is 9.59 Å². The fourth-order valence-corrected chi connectivity index (χ4v) is 3.50. The van der Waals surface area contributed by atoms with E-state index < -0.39 is 6.04 Å². The van der Waals surface area contributed by atoms with Crippen molar-refractivity contribution in [2.75, 3.05) is 32.7 Å². The first kappa shape index (κ1) is 19.1. The Hall–Kier alpha value is -2.66. The first-order valence-corrected chi connectivity index (χ1v) is 9.69. The molecule has 5 nitrogen and oxygen atoms in total. The lowest BCUT2D eigenvalue weighted by Gasteiger charge is -2.34. The van der Waals surface area contributed by atoms with Crippen molar-refractivity contribution < 1.29 is 14.5 Å². The first-order chi connectivity index (χ1) is 13.2. The van der Waals surface area contributed by atoms with E-state index in [-0.39, 0.29) is 11.8 Å². The van der Waals surface area contributed by atoms with Crippen LogP contribution >= 0.6 is 0 Å². The van der Waals surface area contributed by atoms with Crippen molar-refractivity contribution in [3.63, 3.8) is 0 Å². The van der Waals surface area contributed by atoms with Gasteiger partial charge in [0.25, 0.3) is 5.91 Å². The van der Waals surface area contributed by atoms with Gasteiger partial charge in [0.15, 0.2) is 0 Å². The molecule has 0 aromatic heterocycles. The highest BCUT2D eigenvalue weighted by Crippen LogP contribution is 2.08. The van der Waals surface area contributed by atoms with Gasteiger partial charge >= 0.3 is 0 Å². The molecule has 0 bridgehead atoms. The molecule has 2 aromatic rings. The number of hydrogen-bond donors (Lipinski definition) is 2. The molecule has 0 radical (unpaired) electrons. The summed E-state index contributed by atoms with van der Waals surface area (Å²) in [5.41, 5.74) is 1.62. The van der Waals surface area contributed by atoms with Crippen molar-refractivity contribution in [3.05, 3.63) is 71.8 Å². The summed E-state index contributed by atoms with van der Waals surface area (Å²) in [5, 5.41) is 2.97. The van der Waals surface area contributed by atoms with Crippen molar-refractivity contribution in [1.82, 2.24) is 10.2 Å². The number of piperazine rings is 1. The smallest absolute Gasteiger partial charge is 0.251 e. The van der Waals surface area contributed by atoms with Crippen LogP contribution in [0.4, 0.5) is 0 Å². The van der Waals surface area contributed by atoms with E-state index in [1.54, 1.807) is 12.1 Å². The van der Waals surface area contributed by atoms with Crippen molar-refractivity contribution in [1.29, 1.82) is 0 Å². The maximum atomic E-state index is 13.2. The van der Waals surface area contributed by atoms with Gasteiger partial charge in [0.2, 0.25) is 5.91 Å². The fraction of sp³-hybridized carbons (Fsp3) is 0.364. The number of likely N-dealkylation sites (N-methyl/N-ethyl adjacent to an activating group) is 1. The van der Waals surface area contributed by atoms with E-state index in [2.05, 4.69) is 12.2 Å². The molecule has 1 saturated heterocycles. The predicted octanol–water partition coefficient (Wildman–Crippen LogP) is 0.775. The van der Waals surface area contributed by atoms with Gasteiger partial charge in [-0.1, -0.05) is 48.5 Å². The summed E-state index contributed by atoms with van der Waals surface area (Å²) in [7, 11) is 0. The zero-order valence-electron chi connectivity index (χ0n) is 15.9. The Balaban J connectivity index is 1.73. The summed E-state index contributed by atoms with van der Waals surface area (Å²) in [5.74, 6) is -0.194. The first-order valence-electron chi connectivity index (χ1n) is 9.69. The van der Waals surface area contributed by atoms with Crippen molar-refractivity contribution in [3.8, 4) is 0 Å². The third-order valence-corrected chi connectivity index (χ3v) is 5.20. The monoisotopic (exact) mass is 366 g/mol. The largest absolute Gasteiger partial charge is 0.340 e. The van der Waals surface area contributed by atoms with Gasteiger partial charge in [-0.05, 0) is 24.6 Å². The summed E-state index contributed by atoms with van der Waals surface area (Å²) in [6.45, 7) is 6.67. The lowest BCUT2D eigenvalue weighted by atomic mass is 10.0. The Kier molecular flexibility index (Phi) is 6.60. The number of quaternary nitrogens is 1. The van der Waals surface area contributed by atoms with Gasteiger partial charge < -0.3 is 15.1 Å². The highest BCUT2D eigenvalue weighted by atomic mass is 16.2. The second-order valence-corrected chi connectivity index (χ2v) is 7.01. The van der Waals surface area contributed by atoms with E-state index in [0.29, 0.717) is 12.0 Å². The van der Waals surface area contributed by atoms with Crippen molar-refractivity contribution in [2.45, 2.75) is 19.4 Å². The van der Waals surface area contributed by atoms with Crippen LogP contribution in [-0.4, -0.2) is 55.5 Å². The number of amides is 2. The molecular formula is C22H28N3O2+. The Morgan fingerprint density at radius 1 is 1.00 bits per heavy atom. The Morgan fingerprint density at radius 3 is 2.19 bits per heavy atom.